The molecule has 160 valence electrons. The van der Waals surface area contributed by atoms with Crippen molar-refractivity contribution in [3.05, 3.63) is 54.4 Å². The first-order valence-corrected chi connectivity index (χ1v) is 10.8. The summed E-state index contributed by atoms with van der Waals surface area (Å²) >= 11 is 0. The minimum atomic E-state index is -0.0458. The number of fused-ring (bicyclic) bond motifs is 1. The zero-order valence-corrected chi connectivity index (χ0v) is 17.7. The molecule has 0 atom stereocenters. The Kier molecular flexibility index (Phi) is 5.19. The Bertz CT molecular complexity index is 1130. The number of piperazine rings is 1. The van der Waals surface area contributed by atoms with Crippen LogP contribution in [0.1, 0.15) is 18.5 Å². The predicted octanol–water partition coefficient (Wildman–Crippen LogP) is 2.91. The Morgan fingerprint density at radius 3 is 2.71 bits per heavy atom. The van der Waals surface area contributed by atoms with Crippen LogP contribution in [0.15, 0.2) is 48.7 Å². The average Bonchev–Trinajstić information content (AvgIpc) is 3.16. The van der Waals surface area contributed by atoms with Gasteiger partial charge in [0.05, 0.1) is 5.69 Å². The standard InChI is InChI=1S/C24H26N4O3/c1-17-23(25-21-7-2-3-10-27(17)21)19-5-4-6-20(15-19)28-12-11-26(16-22(28)29)24(30)18-8-13-31-14-9-18/h2-7,10,15,18H,8-9,11-14,16H2,1H3. The van der Waals surface area contributed by atoms with E-state index in [0.717, 1.165) is 41.1 Å². The lowest BCUT2D eigenvalue weighted by Gasteiger charge is -2.36. The van der Waals surface area contributed by atoms with Crippen LogP contribution in [0.2, 0.25) is 0 Å². The molecule has 7 nitrogen and oxygen atoms in total. The van der Waals surface area contributed by atoms with Crippen LogP contribution >= 0.6 is 0 Å². The summed E-state index contributed by atoms with van der Waals surface area (Å²) in [6.07, 6.45) is 3.49. The second-order valence-electron chi connectivity index (χ2n) is 8.22. The maximum absolute atomic E-state index is 12.9. The van der Waals surface area contributed by atoms with Gasteiger partial charge in [-0.15, -0.1) is 0 Å². The van der Waals surface area contributed by atoms with Crippen LogP contribution in [0.4, 0.5) is 5.69 Å². The van der Waals surface area contributed by atoms with Gasteiger partial charge >= 0.3 is 0 Å². The lowest BCUT2D eigenvalue weighted by molar-refractivity contribution is -0.142. The van der Waals surface area contributed by atoms with Gasteiger partial charge in [0.25, 0.3) is 0 Å². The van der Waals surface area contributed by atoms with Gasteiger partial charge in [0, 0.05) is 55.4 Å². The van der Waals surface area contributed by atoms with Gasteiger partial charge in [0.15, 0.2) is 0 Å². The molecule has 0 radical (unpaired) electrons. The molecular weight excluding hydrogens is 392 g/mol. The smallest absolute Gasteiger partial charge is 0.246 e. The minimum absolute atomic E-state index is 0.0190. The van der Waals surface area contributed by atoms with Crippen molar-refractivity contribution in [1.82, 2.24) is 14.3 Å². The van der Waals surface area contributed by atoms with Crippen molar-refractivity contribution in [2.75, 3.05) is 37.7 Å². The highest BCUT2D eigenvalue weighted by Gasteiger charge is 2.32. The molecule has 4 heterocycles. The lowest BCUT2D eigenvalue weighted by atomic mass is 9.98. The molecule has 0 spiro atoms. The number of ether oxygens (including phenoxy) is 1. The zero-order chi connectivity index (χ0) is 21.4. The molecule has 0 saturated carbocycles. The number of pyridine rings is 1. The molecule has 0 unspecified atom stereocenters. The van der Waals surface area contributed by atoms with Gasteiger partial charge in [0.1, 0.15) is 12.2 Å². The first-order valence-electron chi connectivity index (χ1n) is 10.8. The van der Waals surface area contributed by atoms with Gasteiger partial charge in [-0.25, -0.2) is 4.98 Å². The molecular formula is C24H26N4O3. The fraction of sp³-hybridized carbons (Fsp3) is 0.375. The first-order chi connectivity index (χ1) is 15.1. The third-order valence-electron chi connectivity index (χ3n) is 6.30. The molecule has 2 aromatic heterocycles. The van der Waals surface area contributed by atoms with E-state index in [-0.39, 0.29) is 24.3 Å². The monoisotopic (exact) mass is 418 g/mol. The van der Waals surface area contributed by atoms with Gasteiger partial charge in [0.2, 0.25) is 11.8 Å². The van der Waals surface area contributed by atoms with Crippen molar-refractivity contribution in [3.8, 4) is 11.3 Å². The number of benzene rings is 1. The zero-order valence-electron chi connectivity index (χ0n) is 17.7. The number of anilines is 1. The van der Waals surface area contributed by atoms with E-state index in [2.05, 4.69) is 4.40 Å². The van der Waals surface area contributed by atoms with Crippen LogP contribution < -0.4 is 4.90 Å². The van der Waals surface area contributed by atoms with E-state index in [1.54, 1.807) is 9.80 Å². The lowest BCUT2D eigenvalue weighted by Crippen LogP contribution is -2.54. The number of aryl methyl sites for hydroxylation is 1. The van der Waals surface area contributed by atoms with Gasteiger partial charge in [-0.3, -0.25) is 9.59 Å². The van der Waals surface area contributed by atoms with Gasteiger partial charge in [-0.2, -0.15) is 0 Å². The third-order valence-corrected chi connectivity index (χ3v) is 6.30. The van der Waals surface area contributed by atoms with E-state index in [1.165, 1.54) is 0 Å². The summed E-state index contributed by atoms with van der Waals surface area (Å²) in [5, 5.41) is 0. The Balaban J connectivity index is 1.35. The molecule has 0 bridgehead atoms. The number of aromatic nitrogens is 2. The number of amides is 2. The Labute approximate surface area is 181 Å². The van der Waals surface area contributed by atoms with E-state index < -0.39 is 0 Å². The summed E-state index contributed by atoms with van der Waals surface area (Å²) < 4.78 is 7.42. The molecule has 5 rings (SSSR count). The Morgan fingerprint density at radius 1 is 1.10 bits per heavy atom. The second kappa shape index (κ2) is 8.15. The summed E-state index contributed by atoms with van der Waals surface area (Å²) in [4.78, 5) is 34.0. The van der Waals surface area contributed by atoms with E-state index in [4.69, 9.17) is 9.72 Å². The first kappa shape index (κ1) is 19.8. The van der Waals surface area contributed by atoms with Crippen LogP contribution in [-0.4, -0.2) is 58.9 Å². The van der Waals surface area contributed by atoms with Crippen molar-refractivity contribution in [1.29, 1.82) is 0 Å². The summed E-state index contributed by atoms with van der Waals surface area (Å²) in [6, 6.07) is 13.9. The summed E-state index contributed by atoms with van der Waals surface area (Å²) in [5.41, 5.74) is 4.70. The summed E-state index contributed by atoms with van der Waals surface area (Å²) in [6.45, 7) is 4.49. The van der Waals surface area contributed by atoms with Crippen LogP contribution in [-0.2, 0) is 14.3 Å². The molecule has 7 heteroatoms. The number of hydrogen-bond acceptors (Lipinski definition) is 4. The van der Waals surface area contributed by atoms with Crippen LogP contribution in [0.25, 0.3) is 16.9 Å². The normalized spacial score (nSPS) is 18.0. The fourth-order valence-electron chi connectivity index (χ4n) is 4.55. The van der Waals surface area contributed by atoms with Crippen molar-refractivity contribution in [3.63, 3.8) is 0 Å². The largest absolute Gasteiger partial charge is 0.381 e. The van der Waals surface area contributed by atoms with E-state index in [9.17, 15) is 9.59 Å². The molecule has 1 aromatic carbocycles. The Morgan fingerprint density at radius 2 is 1.94 bits per heavy atom. The Hall–Kier alpha value is -3.19. The topological polar surface area (TPSA) is 67.2 Å². The van der Waals surface area contributed by atoms with Gasteiger partial charge in [-0.1, -0.05) is 18.2 Å². The van der Waals surface area contributed by atoms with Crippen molar-refractivity contribution >= 4 is 23.1 Å². The van der Waals surface area contributed by atoms with E-state index in [0.29, 0.717) is 26.3 Å². The van der Waals surface area contributed by atoms with E-state index >= 15 is 0 Å². The summed E-state index contributed by atoms with van der Waals surface area (Å²) in [7, 11) is 0. The molecule has 2 aliphatic heterocycles. The number of rotatable bonds is 3. The maximum atomic E-state index is 12.9. The SMILES string of the molecule is Cc1c(-c2cccc(N3CCN(C(=O)C4CCOCC4)CC3=O)c2)nc2ccccn12. The van der Waals surface area contributed by atoms with Crippen LogP contribution in [0.3, 0.4) is 0 Å². The number of imidazole rings is 1. The summed E-state index contributed by atoms with van der Waals surface area (Å²) in [5.74, 6) is 0.0235. The third kappa shape index (κ3) is 3.70. The molecule has 0 N–H and O–H groups in total. The average molecular weight is 418 g/mol. The number of carbonyl (C=O) groups is 2. The highest BCUT2D eigenvalue weighted by Crippen LogP contribution is 2.29. The minimum Gasteiger partial charge on any atom is -0.381 e. The molecule has 31 heavy (non-hydrogen) atoms. The van der Waals surface area contributed by atoms with Crippen molar-refractivity contribution < 1.29 is 14.3 Å². The van der Waals surface area contributed by atoms with Gasteiger partial charge in [-0.05, 0) is 44.0 Å². The van der Waals surface area contributed by atoms with Crippen LogP contribution in [0, 0.1) is 12.8 Å². The predicted molar refractivity (Wildman–Crippen MR) is 118 cm³/mol. The molecule has 3 aromatic rings. The number of hydrogen-bond donors (Lipinski definition) is 0. The van der Waals surface area contributed by atoms with Crippen molar-refractivity contribution in [2.24, 2.45) is 5.92 Å². The molecule has 2 saturated heterocycles. The highest BCUT2D eigenvalue weighted by atomic mass is 16.5. The highest BCUT2D eigenvalue weighted by molar-refractivity contribution is 5.98. The van der Waals surface area contributed by atoms with E-state index in [1.807, 2.05) is 55.6 Å². The second-order valence-corrected chi connectivity index (χ2v) is 8.22. The maximum Gasteiger partial charge on any atom is 0.246 e. The quantitative estimate of drug-likeness (QED) is 0.656. The molecule has 2 amide bonds. The number of carbonyl (C=O) groups excluding carboxylic acids is 2. The van der Waals surface area contributed by atoms with Crippen LogP contribution in [0.5, 0.6) is 0 Å². The van der Waals surface area contributed by atoms with Gasteiger partial charge < -0.3 is 18.9 Å². The number of nitrogens with zero attached hydrogens (tertiary/aromatic N) is 4. The molecule has 2 fully saturated rings. The molecule has 2 aliphatic rings. The van der Waals surface area contributed by atoms with Crippen molar-refractivity contribution in [2.45, 2.75) is 19.8 Å². The fourth-order valence-corrected chi connectivity index (χ4v) is 4.55. The molecule has 0 aliphatic carbocycles.